The van der Waals surface area contributed by atoms with E-state index in [2.05, 4.69) is 20.6 Å². The van der Waals surface area contributed by atoms with Crippen molar-refractivity contribution in [3.63, 3.8) is 0 Å². The van der Waals surface area contributed by atoms with Crippen molar-refractivity contribution >= 4 is 47.1 Å². The van der Waals surface area contributed by atoms with Crippen molar-refractivity contribution in [3.8, 4) is 0 Å². The predicted molar refractivity (Wildman–Crippen MR) is 148 cm³/mol. The zero-order chi connectivity index (χ0) is 28.3. The Hall–Kier alpha value is -3.11. The molecule has 1 aliphatic heterocycles. The lowest BCUT2D eigenvalue weighted by atomic mass is 9.92. The lowest BCUT2D eigenvalue weighted by Crippen LogP contribution is -2.55. The van der Waals surface area contributed by atoms with Crippen molar-refractivity contribution < 1.29 is 19.1 Å². The number of nitrogen functional groups attached to an aromatic ring is 1. The molecule has 0 radical (unpaired) electrons. The van der Waals surface area contributed by atoms with Crippen LogP contribution in [0.15, 0.2) is 24.4 Å². The molecular formula is C27H34Cl2N6O4. The molecule has 1 aromatic heterocycles. The molecule has 210 valence electrons. The molecule has 4 rings (SSSR count). The quantitative estimate of drug-likeness (QED) is 0.478. The Morgan fingerprint density at radius 3 is 2.69 bits per heavy atom. The molecule has 3 unspecified atom stereocenters. The van der Waals surface area contributed by atoms with Crippen LogP contribution in [0.25, 0.3) is 0 Å². The summed E-state index contributed by atoms with van der Waals surface area (Å²) in [5.41, 5.74) is 7.53. The molecule has 4 N–H and O–H groups in total. The van der Waals surface area contributed by atoms with Crippen molar-refractivity contribution in [2.75, 3.05) is 12.3 Å². The highest BCUT2D eigenvalue weighted by atomic mass is 35.5. The maximum absolute atomic E-state index is 13.8. The Morgan fingerprint density at radius 2 is 1.97 bits per heavy atom. The average Bonchev–Trinajstić information content (AvgIpc) is 3.34. The number of hydrogen-bond acceptors (Lipinski definition) is 7. The number of amides is 3. The Balaban J connectivity index is 1.47. The Bertz CT molecular complexity index is 1250. The van der Waals surface area contributed by atoms with E-state index in [0.717, 1.165) is 17.7 Å². The smallest absolute Gasteiger partial charge is 0.408 e. The second-order valence-electron chi connectivity index (χ2n) is 11.0. The molecule has 12 heteroatoms. The molecule has 1 aliphatic carbocycles. The number of hydrogen-bond donors (Lipinski definition) is 3. The van der Waals surface area contributed by atoms with Gasteiger partial charge in [-0.05, 0) is 76.1 Å². The van der Waals surface area contributed by atoms with Crippen LogP contribution in [0.4, 0.5) is 10.7 Å². The molecule has 0 spiro atoms. The number of nitrogens with two attached hydrogens (primary N) is 1. The largest absolute Gasteiger partial charge is 0.444 e. The van der Waals surface area contributed by atoms with Crippen LogP contribution in [0.1, 0.15) is 56.9 Å². The topological polar surface area (TPSA) is 140 Å². The van der Waals surface area contributed by atoms with Crippen LogP contribution in [0.2, 0.25) is 10.0 Å². The van der Waals surface area contributed by atoms with E-state index in [1.807, 2.05) is 0 Å². The number of likely N-dealkylation sites (tertiary alicyclic amines) is 1. The SMILES string of the molecule is CC(C)(C)OC(=O)NC(Cc1ccc(Cl)c(Cl)c1)C(=O)N1CCCC1C(=O)NC1CCc2nc(N)ncc2C1. The molecule has 0 saturated carbocycles. The van der Waals surface area contributed by atoms with Gasteiger partial charge in [-0.15, -0.1) is 0 Å². The third-order valence-corrected chi connectivity index (χ3v) is 7.51. The second kappa shape index (κ2) is 12.0. The van der Waals surface area contributed by atoms with Gasteiger partial charge >= 0.3 is 6.09 Å². The number of carbonyl (C=O) groups excluding carboxylic acids is 3. The van der Waals surface area contributed by atoms with Crippen molar-refractivity contribution in [2.24, 2.45) is 0 Å². The third kappa shape index (κ3) is 7.51. The standard InChI is InChI=1S/C27H34Cl2N6O4/c1-27(2,3)39-26(38)34-21(12-15-6-8-18(28)19(29)11-15)24(37)35-10-4-5-22(35)23(36)32-17-7-9-20-16(13-17)14-31-25(30)33-20/h6,8,11,14,17,21-22H,4-5,7,9-10,12-13H2,1-3H3,(H,32,36)(H,34,38)(H2,30,31,33). The number of halogens is 2. The number of carbonyl (C=O) groups is 3. The summed E-state index contributed by atoms with van der Waals surface area (Å²) < 4.78 is 5.41. The van der Waals surface area contributed by atoms with E-state index in [1.165, 1.54) is 0 Å². The van der Waals surface area contributed by atoms with Gasteiger partial charge in [-0.3, -0.25) is 9.59 Å². The van der Waals surface area contributed by atoms with E-state index >= 15 is 0 Å². The number of alkyl carbamates (subject to hydrolysis) is 1. The Morgan fingerprint density at radius 1 is 1.21 bits per heavy atom. The van der Waals surface area contributed by atoms with Gasteiger partial charge in [0.05, 0.1) is 10.0 Å². The van der Waals surface area contributed by atoms with Crippen molar-refractivity contribution in [3.05, 3.63) is 51.3 Å². The number of aromatic nitrogens is 2. The van der Waals surface area contributed by atoms with E-state index in [1.54, 1.807) is 50.1 Å². The molecule has 1 aromatic carbocycles. The lowest BCUT2D eigenvalue weighted by Gasteiger charge is -2.31. The minimum absolute atomic E-state index is 0.0957. The number of aryl methyl sites for hydroxylation is 1. The highest BCUT2D eigenvalue weighted by molar-refractivity contribution is 6.42. The van der Waals surface area contributed by atoms with Crippen LogP contribution < -0.4 is 16.4 Å². The highest BCUT2D eigenvalue weighted by Crippen LogP contribution is 2.26. The third-order valence-electron chi connectivity index (χ3n) is 6.77. The fraction of sp³-hybridized carbons (Fsp3) is 0.519. The minimum Gasteiger partial charge on any atom is -0.444 e. The van der Waals surface area contributed by atoms with Crippen LogP contribution in [0.3, 0.4) is 0 Å². The first-order valence-corrected chi connectivity index (χ1v) is 13.8. The predicted octanol–water partition coefficient (Wildman–Crippen LogP) is 3.47. The summed E-state index contributed by atoms with van der Waals surface area (Å²) >= 11 is 12.2. The first kappa shape index (κ1) is 28.9. The lowest BCUT2D eigenvalue weighted by molar-refractivity contribution is -0.140. The fourth-order valence-corrected chi connectivity index (χ4v) is 5.32. The molecule has 3 atom stereocenters. The highest BCUT2D eigenvalue weighted by Gasteiger charge is 2.39. The second-order valence-corrected chi connectivity index (χ2v) is 11.8. The van der Waals surface area contributed by atoms with Gasteiger partial charge < -0.3 is 26.0 Å². The Kier molecular flexibility index (Phi) is 8.86. The number of fused-ring (bicyclic) bond motifs is 1. The van der Waals surface area contributed by atoms with Gasteiger partial charge in [0.15, 0.2) is 0 Å². The fourth-order valence-electron chi connectivity index (χ4n) is 5.00. The molecule has 3 amide bonds. The summed E-state index contributed by atoms with van der Waals surface area (Å²) in [4.78, 5) is 49.7. The molecule has 39 heavy (non-hydrogen) atoms. The van der Waals surface area contributed by atoms with Gasteiger partial charge in [-0.2, -0.15) is 0 Å². The molecule has 1 saturated heterocycles. The summed E-state index contributed by atoms with van der Waals surface area (Å²) in [7, 11) is 0. The van der Waals surface area contributed by atoms with Crippen LogP contribution in [-0.4, -0.2) is 63.0 Å². The van der Waals surface area contributed by atoms with Gasteiger partial charge in [0, 0.05) is 30.9 Å². The summed E-state index contributed by atoms with van der Waals surface area (Å²) in [6, 6.07) is 3.35. The molecular weight excluding hydrogens is 543 g/mol. The van der Waals surface area contributed by atoms with E-state index in [9.17, 15) is 14.4 Å². The van der Waals surface area contributed by atoms with Gasteiger partial charge in [-0.25, -0.2) is 14.8 Å². The van der Waals surface area contributed by atoms with Crippen molar-refractivity contribution in [1.82, 2.24) is 25.5 Å². The van der Waals surface area contributed by atoms with E-state index in [0.29, 0.717) is 47.8 Å². The average molecular weight is 578 g/mol. The van der Waals surface area contributed by atoms with Gasteiger partial charge in [0.2, 0.25) is 17.8 Å². The summed E-state index contributed by atoms with van der Waals surface area (Å²) in [6.07, 6.45) is 4.36. The van der Waals surface area contributed by atoms with Crippen LogP contribution in [-0.2, 0) is 33.6 Å². The molecule has 2 aliphatic rings. The van der Waals surface area contributed by atoms with E-state index < -0.39 is 23.8 Å². The summed E-state index contributed by atoms with van der Waals surface area (Å²) in [6.45, 7) is 5.64. The summed E-state index contributed by atoms with van der Waals surface area (Å²) in [5.74, 6) is -0.328. The maximum Gasteiger partial charge on any atom is 0.408 e. The van der Waals surface area contributed by atoms with Crippen molar-refractivity contribution in [1.29, 1.82) is 0 Å². The van der Waals surface area contributed by atoms with Crippen LogP contribution in [0.5, 0.6) is 0 Å². The maximum atomic E-state index is 13.8. The number of rotatable bonds is 6. The first-order chi connectivity index (χ1) is 18.4. The molecule has 1 fully saturated rings. The summed E-state index contributed by atoms with van der Waals surface area (Å²) in [5, 5.41) is 6.55. The van der Waals surface area contributed by atoms with E-state index in [-0.39, 0.29) is 30.2 Å². The number of benzene rings is 1. The monoisotopic (exact) mass is 576 g/mol. The molecule has 2 aromatic rings. The van der Waals surface area contributed by atoms with Crippen molar-refractivity contribution in [2.45, 2.75) is 83.0 Å². The molecule has 2 heterocycles. The molecule has 0 bridgehead atoms. The van der Waals surface area contributed by atoms with Crippen LogP contribution >= 0.6 is 23.2 Å². The zero-order valence-electron chi connectivity index (χ0n) is 22.3. The number of nitrogens with zero attached hydrogens (tertiary/aromatic N) is 3. The minimum atomic E-state index is -0.963. The van der Waals surface area contributed by atoms with E-state index in [4.69, 9.17) is 33.7 Å². The number of nitrogens with one attached hydrogen (secondary N) is 2. The van der Waals surface area contributed by atoms with Gasteiger partial charge in [0.1, 0.15) is 17.7 Å². The normalized spacial score (nSPS) is 19.7. The molecule has 10 nitrogen and oxygen atoms in total. The number of ether oxygens (including phenoxy) is 1. The first-order valence-electron chi connectivity index (χ1n) is 13.0. The van der Waals surface area contributed by atoms with Gasteiger partial charge in [-0.1, -0.05) is 29.3 Å². The Labute approximate surface area is 238 Å². The number of anilines is 1. The van der Waals surface area contributed by atoms with Crippen LogP contribution in [0, 0.1) is 0 Å². The van der Waals surface area contributed by atoms with Gasteiger partial charge in [0.25, 0.3) is 0 Å². The zero-order valence-corrected chi connectivity index (χ0v) is 23.8.